The summed E-state index contributed by atoms with van der Waals surface area (Å²) in [5.41, 5.74) is 10.1. The van der Waals surface area contributed by atoms with Gasteiger partial charge in [-0.25, -0.2) is 74.2 Å². The van der Waals surface area contributed by atoms with Gasteiger partial charge in [-0.15, -0.1) is 0 Å². The highest BCUT2D eigenvalue weighted by atomic mass is 32.2. The van der Waals surface area contributed by atoms with Gasteiger partial charge < -0.3 is 44.4 Å². The van der Waals surface area contributed by atoms with Crippen LogP contribution in [0.15, 0.2) is 166 Å². The van der Waals surface area contributed by atoms with Gasteiger partial charge in [0.25, 0.3) is 0 Å². The molecule has 4 saturated carbocycles. The smallest absolute Gasteiger partial charge is 0.238 e. The molecular weight excluding hydrogens is 1690 g/mol. The molecule has 0 saturated heterocycles. The third-order valence-corrected chi connectivity index (χ3v) is 30.4. The van der Waals surface area contributed by atoms with E-state index < -0.39 is 40.1 Å². The Kier molecular flexibility index (Phi) is 23.4. The van der Waals surface area contributed by atoms with Crippen molar-refractivity contribution in [3.05, 3.63) is 169 Å². The van der Waals surface area contributed by atoms with Crippen molar-refractivity contribution >= 4 is 160 Å². The number of fused-ring (bicyclic) bond motifs is 16. The number of benzene rings is 4. The van der Waals surface area contributed by atoms with Crippen LogP contribution in [0.5, 0.6) is 0 Å². The van der Waals surface area contributed by atoms with Crippen LogP contribution in [0.25, 0.3) is 44.1 Å². The Morgan fingerprint density at radius 1 is 0.402 bits per heavy atom. The number of hydrogen-bond donors (Lipinski definition) is 8. The first-order chi connectivity index (χ1) is 60.5. The van der Waals surface area contributed by atoms with Gasteiger partial charge in [0.05, 0.1) is 48.2 Å². The molecule has 127 heavy (non-hydrogen) atoms. The van der Waals surface area contributed by atoms with Crippen LogP contribution in [-0.4, -0.2) is 122 Å². The molecule has 4 aromatic carbocycles. The quantitative estimate of drug-likeness (QED) is 0.0501. The first kappa shape index (κ1) is 87.6. The molecule has 0 atom stereocenters. The first-order valence-electron chi connectivity index (χ1n) is 43.4. The number of nitrogens with two attached hydrogens (primary N) is 4. The average Bonchev–Trinajstić information content (AvgIpc) is 1.60. The van der Waals surface area contributed by atoms with Gasteiger partial charge in [0.1, 0.15) is 45.8 Å². The van der Waals surface area contributed by atoms with Crippen molar-refractivity contribution in [2.75, 3.05) is 37.6 Å². The Morgan fingerprint density at radius 2 is 0.764 bits per heavy atom. The van der Waals surface area contributed by atoms with E-state index >= 15 is 0 Å². The molecule has 4 aliphatic heterocycles. The molecule has 4 spiro atoms. The number of aromatic nitrogens is 12. The number of carbonyl (C=O) groups excluding carboxylic acids is 3. The van der Waals surface area contributed by atoms with E-state index in [2.05, 4.69) is 83.9 Å². The SMILES string of the molecule is C=C1CC2(CCCCC2)n2c(cc3cnc(Nc4ccc(S(N)(=O)=O)cc4)nc32)N1CC.CC(C)N1C(=O)CC2(CCCCC2)n2c1cc1cnc(Nc3ccc(S(N)(=O)=O)cc3)nc12.Cc1cc(Nc2ncc3cc4n(c3n2)C2(CCCCC2)CC(=O)C4)ccc1S(N)(=O)=O.Cc1cc(S(N)(=O)=O)ccc1Nc1ncc2cc3n(c2n1)C1(CCCCC1)CC(=O)C3. The lowest BCUT2D eigenvalue weighted by molar-refractivity contribution is -0.123. The molecule has 0 unspecified atom stereocenters. The second-order valence-corrected chi connectivity index (χ2v) is 41.9. The van der Waals surface area contributed by atoms with E-state index in [1.807, 2.05) is 43.1 Å². The van der Waals surface area contributed by atoms with Crippen LogP contribution in [0.2, 0.25) is 0 Å². The van der Waals surface area contributed by atoms with Crippen molar-refractivity contribution in [3.8, 4) is 0 Å². The number of hydrogen-bond acceptors (Lipinski definition) is 24. The number of nitrogens with zero attached hydrogens (tertiary/aromatic N) is 14. The molecule has 1 amide bonds. The predicted molar refractivity (Wildman–Crippen MR) is 489 cm³/mol. The van der Waals surface area contributed by atoms with E-state index in [1.165, 1.54) is 86.7 Å². The van der Waals surface area contributed by atoms with Crippen molar-refractivity contribution in [2.45, 2.75) is 249 Å². The van der Waals surface area contributed by atoms with Crippen LogP contribution in [0.1, 0.15) is 197 Å². The van der Waals surface area contributed by atoms with Gasteiger partial charge >= 0.3 is 0 Å². The summed E-state index contributed by atoms with van der Waals surface area (Å²) in [6.07, 6.45) is 32.8. The number of Topliss-reactive ketones (excluding diaryl/α,β-unsaturated/α-hetero) is 2. The Balaban J connectivity index is 0.000000119. The van der Waals surface area contributed by atoms with Crippen LogP contribution < -0.4 is 51.6 Å². The molecule has 0 radical (unpaired) electrons. The van der Waals surface area contributed by atoms with Crippen molar-refractivity contribution < 1.29 is 48.1 Å². The number of rotatable bonds is 14. The minimum atomic E-state index is -3.76. The fraction of sp³-hybridized carbons (Fsp3) is 0.411. The van der Waals surface area contributed by atoms with Gasteiger partial charge in [-0.3, -0.25) is 19.3 Å². The molecule has 8 aromatic heterocycles. The predicted octanol–water partition coefficient (Wildman–Crippen LogP) is 14.5. The standard InChI is InChI=1S/C23H28N6O3S.C23H28N6O2S.2C22H25N5O3S/c1-15(2)28-19-12-16-14-25-22(26-17-6-8-18(9-7-17)33(24,31)32)27-21(16)29(19)23(13-20(28)30)10-4-3-5-11-23;1-3-28-16(2)14-23(11-5-4-6-12-23)29-20(28)13-17-15-25-22(27-21(17)29)26-18-7-9-19(10-8-18)32(24,30)31;1-14-9-18(31(23,29)30)5-6-19(14)25-21-24-13-15-10-16-11-17(28)12-22(7-3-2-4-8-22)27(16)20(15)26-21;1-14-9-16(5-6-19(14)31(23,29)30)25-21-24-13-15-10-17-11-18(28)12-22(7-3-2-4-8-22)27(17)20(15)26-21/h6-9,12,14-15H,3-5,10-11,13H2,1-2H3,(H2,24,31,32)(H,25,26,27);7-10,13,15H,2-6,11-12,14H2,1H3,(H2,24,30,31)(H,25,26,27);2*5-6,9-10,13H,2-4,7-8,11-12H2,1H3,(H2,23,29,30)(H,24,25,26). The van der Waals surface area contributed by atoms with Crippen LogP contribution in [0, 0.1) is 13.8 Å². The van der Waals surface area contributed by atoms with E-state index in [0.717, 1.165) is 176 Å². The van der Waals surface area contributed by atoms with Crippen LogP contribution in [0.4, 0.5) is 58.2 Å². The number of primary sulfonamides is 4. The Labute approximate surface area is 737 Å². The molecule has 12 N–H and O–H groups in total. The van der Waals surface area contributed by atoms with Crippen molar-refractivity contribution in [1.29, 1.82) is 0 Å². The fourth-order valence-corrected chi connectivity index (χ4v) is 23.4. The molecule has 12 heterocycles. The number of aryl methyl sites for hydroxylation is 2. The molecular formula is C90H106N22O11S4. The zero-order valence-corrected chi connectivity index (χ0v) is 75.0. The molecule has 4 aliphatic carbocycles. The van der Waals surface area contributed by atoms with E-state index in [-0.39, 0.29) is 53.7 Å². The number of sulfonamides is 4. The maximum absolute atomic E-state index is 13.2. The third-order valence-electron chi connectivity index (χ3n) is 26.5. The van der Waals surface area contributed by atoms with Crippen LogP contribution in [-0.2, 0) is 89.5 Å². The van der Waals surface area contributed by atoms with E-state index in [0.29, 0.717) is 95.8 Å². The maximum Gasteiger partial charge on any atom is 0.238 e. The summed E-state index contributed by atoms with van der Waals surface area (Å²) < 4.78 is 102. The van der Waals surface area contributed by atoms with Crippen LogP contribution in [0.3, 0.4) is 0 Å². The molecule has 20 rings (SSSR count). The van der Waals surface area contributed by atoms with Crippen molar-refractivity contribution in [3.63, 3.8) is 0 Å². The third kappa shape index (κ3) is 17.4. The zero-order chi connectivity index (χ0) is 89.5. The van der Waals surface area contributed by atoms with E-state index in [1.54, 1.807) is 74.9 Å². The molecule has 33 nitrogen and oxygen atoms in total. The topological polar surface area (TPSA) is 469 Å². The second-order valence-electron chi connectivity index (χ2n) is 35.6. The maximum atomic E-state index is 13.2. The molecule has 12 aromatic rings. The number of ketones is 2. The van der Waals surface area contributed by atoms with Gasteiger partial charge in [-0.1, -0.05) is 83.6 Å². The number of amides is 1. The Hall–Kier alpha value is -11.5. The highest BCUT2D eigenvalue weighted by molar-refractivity contribution is 7.90. The minimum absolute atomic E-state index is 0.0147. The summed E-state index contributed by atoms with van der Waals surface area (Å²) in [6, 6.07) is 30.2. The Morgan fingerprint density at radius 3 is 1.16 bits per heavy atom. The largest absolute Gasteiger partial charge is 0.332 e. The number of nitrogens with one attached hydrogen (secondary N) is 4. The summed E-state index contributed by atoms with van der Waals surface area (Å²) in [5, 5.41) is 37.3. The summed E-state index contributed by atoms with van der Waals surface area (Å²) in [5.74, 6) is 4.55. The summed E-state index contributed by atoms with van der Waals surface area (Å²) in [6.45, 7) is 15.0. The van der Waals surface area contributed by atoms with Gasteiger partial charge in [0, 0.05) is 131 Å². The monoisotopic (exact) mass is 1800 g/mol. The lowest BCUT2D eigenvalue weighted by Crippen LogP contribution is -2.51. The van der Waals surface area contributed by atoms with Gasteiger partial charge in [0.15, 0.2) is 0 Å². The molecule has 0 bridgehead atoms. The van der Waals surface area contributed by atoms with Gasteiger partial charge in [-0.05, 0) is 206 Å². The Bertz CT molecular complexity index is 6860. The normalized spacial score (nSPS) is 18.3. The van der Waals surface area contributed by atoms with Crippen LogP contribution >= 0.6 is 0 Å². The van der Waals surface area contributed by atoms with E-state index in [9.17, 15) is 48.1 Å². The molecule has 4 fully saturated rings. The van der Waals surface area contributed by atoms with Gasteiger partial charge in [-0.2, -0.15) is 19.9 Å². The lowest BCUT2D eigenvalue weighted by atomic mass is 9.75. The van der Waals surface area contributed by atoms with E-state index in [4.69, 9.17) is 40.5 Å². The number of allylic oxidation sites excluding steroid dienone is 1. The highest BCUT2D eigenvalue weighted by Crippen LogP contribution is 2.52. The number of anilines is 10. The molecule has 666 valence electrons. The van der Waals surface area contributed by atoms with Crippen molar-refractivity contribution in [1.82, 2.24) is 58.1 Å². The summed E-state index contributed by atoms with van der Waals surface area (Å²) in [4.78, 5) is 79.8. The lowest BCUT2D eigenvalue weighted by Gasteiger charge is -2.47. The van der Waals surface area contributed by atoms with Crippen molar-refractivity contribution in [2.24, 2.45) is 20.6 Å². The number of carbonyl (C=O) groups is 3. The summed E-state index contributed by atoms with van der Waals surface area (Å²) >= 11 is 0. The van der Waals surface area contributed by atoms with Gasteiger partial charge in [0.2, 0.25) is 69.8 Å². The fourth-order valence-electron chi connectivity index (χ4n) is 21.0. The average molecular weight is 1800 g/mol. The summed E-state index contributed by atoms with van der Waals surface area (Å²) in [7, 11) is -15.0. The minimum Gasteiger partial charge on any atom is -0.332 e. The first-order valence-corrected chi connectivity index (χ1v) is 49.6. The molecule has 8 aliphatic rings. The zero-order valence-electron chi connectivity index (χ0n) is 71.8. The second kappa shape index (κ2) is 34.0. The highest BCUT2D eigenvalue weighted by Gasteiger charge is 2.48. The molecule has 37 heteroatoms.